The summed E-state index contributed by atoms with van der Waals surface area (Å²) in [5.41, 5.74) is 0. The number of piperidine rings is 1. The van der Waals surface area contributed by atoms with Crippen molar-refractivity contribution in [1.82, 2.24) is 10.2 Å². The lowest BCUT2D eigenvalue weighted by Crippen LogP contribution is -2.47. The number of nitrogens with zero attached hydrogens (tertiary/aromatic N) is 1. The Labute approximate surface area is 83.6 Å². The molecule has 0 bridgehead atoms. The van der Waals surface area contributed by atoms with Gasteiger partial charge in [0.1, 0.15) is 6.17 Å². The fraction of sp³-hybridized carbons (Fsp3) is 0.900. The minimum Gasteiger partial charge on any atom is -0.338 e. The molecule has 2 heterocycles. The Balaban J connectivity index is 1.87. The molecule has 1 N–H and O–H groups in total. The molecule has 2 rings (SSSR count). The van der Waals surface area contributed by atoms with E-state index in [9.17, 15) is 9.18 Å². The van der Waals surface area contributed by atoms with E-state index in [1.54, 1.807) is 4.90 Å². The average molecular weight is 200 g/mol. The van der Waals surface area contributed by atoms with Crippen molar-refractivity contribution >= 4 is 5.91 Å². The zero-order valence-corrected chi connectivity index (χ0v) is 8.34. The second-order valence-electron chi connectivity index (χ2n) is 4.17. The summed E-state index contributed by atoms with van der Waals surface area (Å²) in [6, 6.07) is -0.0472. The first-order valence-corrected chi connectivity index (χ1v) is 5.43. The van der Waals surface area contributed by atoms with E-state index in [1.807, 2.05) is 0 Å². The van der Waals surface area contributed by atoms with Gasteiger partial charge in [0.2, 0.25) is 5.91 Å². The third kappa shape index (κ3) is 2.05. The van der Waals surface area contributed by atoms with Crippen LogP contribution in [-0.4, -0.2) is 42.7 Å². The van der Waals surface area contributed by atoms with Gasteiger partial charge in [0, 0.05) is 6.54 Å². The number of carbonyl (C=O) groups is 1. The van der Waals surface area contributed by atoms with Gasteiger partial charge in [-0.05, 0) is 25.8 Å². The number of nitrogens with one attached hydrogen (secondary N) is 1. The van der Waals surface area contributed by atoms with E-state index in [2.05, 4.69) is 5.32 Å². The highest BCUT2D eigenvalue weighted by atomic mass is 19.1. The van der Waals surface area contributed by atoms with Crippen LogP contribution in [0.1, 0.15) is 25.7 Å². The minimum atomic E-state index is -0.803. The van der Waals surface area contributed by atoms with Crippen LogP contribution in [-0.2, 0) is 4.79 Å². The molecule has 0 unspecified atom stereocenters. The summed E-state index contributed by atoms with van der Waals surface area (Å²) < 4.78 is 12.9. The lowest BCUT2D eigenvalue weighted by molar-refractivity contribution is -0.133. The number of halogens is 1. The predicted molar refractivity (Wildman–Crippen MR) is 51.7 cm³/mol. The van der Waals surface area contributed by atoms with Gasteiger partial charge in [-0.15, -0.1) is 0 Å². The first-order valence-electron chi connectivity index (χ1n) is 5.43. The summed E-state index contributed by atoms with van der Waals surface area (Å²) in [6.45, 7) is 1.82. The van der Waals surface area contributed by atoms with Crippen molar-refractivity contribution in [2.45, 2.75) is 37.9 Å². The fourth-order valence-electron chi connectivity index (χ4n) is 2.20. The highest BCUT2D eigenvalue weighted by Gasteiger charge is 2.31. The fourth-order valence-corrected chi connectivity index (χ4v) is 2.20. The van der Waals surface area contributed by atoms with Crippen LogP contribution in [0, 0.1) is 0 Å². The van der Waals surface area contributed by atoms with Gasteiger partial charge in [-0.25, -0.2) is 4.39 Å². The standard InChI is InChI=1S/C10H17FN2O/c11-8-4-6-13(7-8)10(14)9-3-1-2-5-12-9/h8-9,12H,1-7H2/t8-,9-/m1/s1. The summed E-state index contributed by atoms with van der Waals surface area (Å²) in [5.74, 6) is 0.102. The van der Waals surface area contributed by atoms with Crippen LogP contribution in [0.3, 0.4) is 0 Å². The predicted octanol–water partition coefficient (Wildman–Crippen LogP) is 0.699. The molecular weight excluding hydrogens is 183 g/mol. The van der Waals surface area contributed by atoms with E-state index < -0.39 is 6.17 Å². The van der Waals surface area contributed by atoms with Gasteiger partial charge in [-0.2, -0.15) is 0 Å². The lowest BCUT2D eigenvalue weighted by Gasteiger charge is -2.26. The van der Waals surface area contributed by atoms with Crippen molar-refractivity contribution < 1.29 is 9.18 Å². The zero-order valence-electron chi connectivity index (χ0n) is 8.34. The Morgan fingerprint density at radius 2 is 2.21 bits per heavy atom. The van der Waals surface area contributed by atoms with Gasteiger partial charge in [0.15, 0.2) is 0 Å². The van der Waals surface area contributed by atoms with Crippen LogP contribution in [0.5, 0.6) is 0 Å². The smallest absolute Gasteiger partial charge is 0.239 e. The van der Waals surface area contributed by atoms with Crippen LogP contribution in [0.15, 0.2) is 0 Å². The van der Waals surface area contributed by atoms with Crippen LogP contribution < -0.4 is 5.32 Å². The molecule has 80 valence electrons. The van der Waals surface area contributed by atoms with Crippen LogP contribution >= 0.6 is 0 Å². The number of amides is 1. The molecule has 0 spiro atoms. The first-order chi connectivity index (χ1) is 6.77. The van der Waals surface area contributed by atoms with Gasteiger partial charge in [0.05, 0.1) is 12.6 Å². The van der Waals surface area contributed by atoms with E-state index in [1.165, 1.54) is 0 Å². The summed E-state index contributed by atoms with van der Waals surface area (Å²) in [6.07, 6.45) is 2.87. The van der Waals surface area contributed by atoms with Crippen molar-refractivity contribution in [3.63, 3.8) is 0 Å². The van der Waals surface area contributed by atoms with E-state index in [-0.39, 0.29) is 11.9 Å². The average Bonchev–Trinajstić information content (AvgIpc) is 2.65. The molecule has 0 aliphatic carbocycles. The number of rotatable bonds is 1. The molecule has 0 saturated carbocycles. The van der Waals surface area contributed by atoms with Crippen molar-refractivity contribution in [1.29, 1.82) is 0 Å². The molecular formula is C10H17FN2O. The molecule has 2 aliphatic rings. The van der Waals surface area contributed by atoms with Crippen LogP contribution in [0.25, 0.3) is 0 Å². The van der Waals surface area contributed by atoms with Crippen LogP contribution in [0.2, 0.25) is 0 Å². The molecule has 14 heavy (non-hydrogen) atoms. The SMILES string of the molecule is O=C([C@H]1CCCCN1)N1CC[C@@H](F)C1. The number of carbonyl (C=O) groups excluding carboxylic acids is 1. The summed E-state index contributed by atoms with van der Waals surface area (Å²) in [4.78, 5) is 13.5. The molecule has 0 aromatic rings. The largest absolute Gasteiger partial charge is 0.338 e. The molecule has 2 saturated heterocycles. The molecule has 0 radical (unpaired) electrons. The van der Waals surface area contributed by atoms with E-state index >= 15 is 0 Å². The van der Waals surface area contributed by atoms with Gasteiger partial charge in [-0.1, -0.05) is 6.42 Å². The zero-order chi connectivity index (χ0) is 9.97. The molecule has 3 nitrogen and oxygen atoms in total. The van der Waals surface area contributed by atoms with Gasteiger partial charge in [0.25, 0.3) is 0 Å². The van der Waals surface area contributed by atoms with E-state index in [4.69, 9.17) is 0 Å². The van der Waals surface area contributed by atoms with Gasteiger partial charge in [-0.3, -0.25) is 4.79 Å². The van der Waals surface area contributed by atoms with E-state index in [0.717, 1.165) is 25.8 Å². The third-order valence-corrected chi connectivity index (χ3v) is 3.05. The Morgan fingerprint density at radius 1 is 1.36 bits per heavy atom. The van der Waals surface area contributed by atoms with Gasteiger partial charge < -0.3 is 10.2 Å². The maximum absolute atomic E-state index is 12.9. The van der Waals surface area contributed by atoms with Crippen molar-refractivity contribution in [3.8, 4) is 0 Å². The third-order valence-electron chi connectivity index (χ3n) is 3.05. The molecule has 0 aromatic heterocycles. The number of hydrogen-bond donors (Lipinski definition) is 1. The summed E-state index contributed by atoms with van der Waals surface area (Å²) >= 11 is 0. The van der Waals surface area contributed by atoms with Gasteiger partial charge >= 0.3 is 0 Å². The molecule has 2 aliphatic heterocycles. The Bertz CT molecular complexity index is 209. The highest BCUT2D eigenvalue weighted by Crippen LogP contribution is 2.16. The number of alkyl halides is 1. The minimum absolute atomic E-state index is 0.0472. The molecule has 1 amide bonds. The second kappa shape index (κ2) is 4.26. The van der Waals surface area contributed by atoms with Crippen molar-refractivity contribution in [2.24, 2.45) is 0 Å². The lowest BCUT2D eigenvalue weighted by atomic mass is 10.0. The molecule has 2 atom stereocenters. The molecule has 2 fully saturated rings. The normalized spacial score (nSPS) is 33.4. The summed E-state index contributed by atoms with van der Waals surface area (Å²) in [7, 11) is 0. The van der Waals surface area contributed by atoms with Crippen LogP contribution in [0.4, 0.5) is 4.39 Å². The Kier molecular flexibility index (Phi) is 3.01. The van der Waals surface area contributed by atoms with Crippen molar-refractivity contribution in [2.75, 3.05) is 19.6 Å². The summed E-state index contributed by atoms with van der Waals surface area (Å²) in [5, 5.41) is 3.20. The maximum Gasteiger partial charge on any atom is 0.239 e. The number of hydrogen-bond acceptors (Lipinski definition) is 2. The topological polar surface area (TPSA) is 32.3 Å². The Morgan fingerprint density at radius 3 is 2.79 bits per heavy atom. The monoisotopic (exact) mass is 200 g/mol. The maximum atomic E-state index is 12.9. The quantitative estimate of drug-likeness (QED) is 0.675. The highest BCUT2D eigenvalue weighted by molar-refractivity contribution is 5.82. The molecule has 4 heteroatoms. The van der Waals surface area contributed by atoms with Crippen molar-refractivity contribution in [3.05, 3.63) is 0 Å². The number of likely N-dealkylation sites (tertiary alicyclic amines) is 1. The second-order valence-corrected chi connectivity index (χ2v) is 4.17. The van der Waals surface area contributed by atoms with E-state index in [0.29, 0.717) is 19.5 Å². The Hall–Kier alpha value is -0.640. The first kappa shape index (κ1) is 9.90. The molecule has 0 aromatic carbocycles.